The molecule has 6 nitrogen and oxygen atoms in total. The SMILES string of the molecule is Cn1c(=O)c(-c2c(Cl)cccc2Cl)cc2cnc(NCCO)nc21. The average Bonchev–Trinajstić information content (AvgIpc) is 2.57. The molecular formula is C16H14Cl2N4O2. The molecule has 0 aliphatic rings. The molecule has 0 saturated carbocycles. The summed E-state index contributed by atoms with van der Waals surface area (Å²) < 4.78 is 1.43. The van der Waals surface area contributed by atoms with Gasteiger partial charge in [0.15, 0.2) is 0 Å². The van der Waals surface area contributed by atoms with E-state index in [1.54, 1.807) is 37.5 Å². The summed E-state index contributed by atoms with van der Waals surface area (Å²) in [6, 6.07) is 6.78. The molecule has 0 spiro atoms. The second-order valence-corrected chi connectivity index (χ2v) is 5.96. The van der Waals surface area contributed by atoms with Crippen LogP contribution in [0.4, 0.5) is 5.95 Å². The second-order valence-electron chi connectivity index (χ2n) is 5.14. The molecule has 2 aromatic heterocycles. The summed E-state index contributed by atoms with van der Waals surface area (Å²) in [6.07, 6.45) is 1.61. The molecule has 0 fully saturated rings. The maximum Gasteiger partial charge on any atom is 0.259 e. The van der Waals surface area contributed by atoms with Gasteiger partial charge in [-0.3, -0.25) is 9.36 Å². The Labute approximate surface area is 147 Å². The highest BCUT2D eigenvalue weighted by atomic mass is 35.5. The molecule has 0 saturated heterocycles. The van der Waals surface area contributed by atoms with Crippen molar-refractivity contribution in [1.29, 1.82) is 0 Å². The van der Waals surface area contributed by atoms with Gasteiger partial charge in [-0.1, -0.05) is 29.3 Å². The Kier molecular flexibility index (Phi) is 4.71. The summed E-state index contributed by atoms with van der Waals surface area (Å²) in [5, 5.41) is 13.2. The smallest absolute Gasteiger partial charge is 0.259 e. The number of halogens is 2. The van der Waals surface area contributed by atoms with Crippen LogP contribution in [0, 0.1) is 0 Å². The Morgan fingerprint density at radius 1 is 1.29 bits per heavy atom. The third-order valence-corrected chi connectivity index (χ3v) is 4.21. The van der Waals surface area contributed by atoms with E-state index in [4.69, 9.17) is 28.3 Å². The topological polar surface area (TPSA) is 80.0 Å². The monoisotopic (exact) mass is 364 g/mol. The minimum atomic E-state index is -0.260. The number of rotatable bonds is 4. The molecule has 24 heavy (non-hydrogen) atoms. The zero-order chi connectivity index (χ0) is 17.3. The van der Waals surface area contributed by atoms with Crippen LogP contribution in [0.5, 0.6) is 0 Å². The van der Waals surface area contributed by atoms with Crippen molar-refractivity contribution in [3.63, 3.8) is 0 Å². The van der Waals surface area contributed by atoms with Gasteiger partial charge in [0.05, 0.1) is 22.2 Å². The molecular weight excluding hydrogens is 351 g/mol. The van der Waals surface area contributed by atoms with Crippen molar-refractivity contribution in [2.45, 2.75) is 0 Å². The van der Waals surface area contributed by atoms with Gasteiger partial charge in [-0.05, 0) is 18.2 Å². The molecule has 2 heterocycles. The summed E-state index contributed by atoms with van der Waals surface area (Å²) in [4.78, 5) is 21.2. The van der Waals surface area contributed by atoms with Gasteiger partial charge in [-0.15, -0.1) is 0 Å². The van der Waals surface area contributed by atoms with Gasteiger partial charge in [-0.2, -0.15) is 4.98 Å². The van der Waals surface area contributed by atoms with Gasteiger partial charge >= 0.3 is 0 Å². The first-order valence-corrected chi connectivity index (χ1v) is 7.94. The second kappa shape index (κ2) is 6.76. The van der Waals surface area contributed by atoms with Crippen molar-refractivity contribution in [2.24, 2.45) is 7.05 Å². The zero-order valence-electron chi connectivity index (χ0n) is 12.8. The molecule has 0 unspecified atom stereocenters. The lowest BCUT2D eigenvalue weighted by Gasteiger charge is -2.11. The minimum Gasteiger partial charge on any atom is -0.395 e. The molecule has 3 rings (SSSR count). The summed E-state index contributed by atoms with van der Waals surface area (Å²) in [6.45, 7) is 0.289. The van der Waals surface area contributed by atoms with E-state index in [1.165, 1.54) is 4.57 Å². The molecule has 1 aromatic carbocycles. The van der Waals surface area contributed by atoms with E-state index in [0.29, 0.717) is 44.7 Å². The zero-order valence-corrected chi connectivity index (χ0v) is 14.3. The number of fused-ring (bicyclic) bond motifs is 1. The van der Waals surface area contributed by atoms with Crippen molar-refractivity contribution >= 4 is 40.2 Å². The fourth-order valence-electron chi connectivity index (χ4n) is 2.43. The Morgan fingerprint density at radius 2 is 2.00 bits per heavy atom. The Bertz CT molecular complexity index is 952. The first-order valence-electron chi connectivity index (χ1n) is 7.19. The number of nitrogens with one attached hydrogen (secondary N) is 1. The number of aromatic nitrogens is 3. The number of aliphatic hydroxyl groups is 1. The normalized spacial score (nSPS) is 11.0. The Balaban J connectivity index is 2.22. The molecule has 8 heteroatoms. The molecule has 0 atom stereocenters. The third kappa shape index (κ3) is 2.96. The van der Waals surface area contributed by atoms with Crippen molar-refractivity contribution < 1.29 is 5.11 Å². The highest BCUT2D eigenvalue weighted by molar-refractivity contribution is 6.39. The number of benzene rings is 1. The lowest BCUT2D eigenvalue weighted by molar-refractivity contribution is 0.311. The van der Waals surface area contributed by atoms with Crippen LogP contribution in [0.1, 0.15) is 0 Å². The standard InChI is InChI=1S/C16H14Cl2N4O2/c1-22-14-9(8-20-16(21-14)19-5-6-23)7-10(15(22)24)13-11(17)3-2-4-12(13)18/h2-4,7-8,23H,5-6H2,1H3,(H,19,20,21). The third-order valence-electron chi connectivity index (χ3n) is 3.58. The number of hydrogen-bond acceptors (Lipinski definition) is 5. The summed E-state index contributed by atoms with van der Waals surface area (Å²) in [7, 11) is 1.63. The fraction of sp³-hybridized carbons (Fsp3) is 0.188. The molecule has 3 aromatic rings. The molecule has 0 aliphatic heterocycles. The van der Waals surface area contributed by atoms with Crippen LogP contribution in [-0.4, -0.2) is 32.8 Å². The molecule has 0 radical (unpaired) electrons. The predicted octanol–water partition coefficient (Wildman–Crippen LogP) is 2.71. The highest BCUT2D eigenvalue weighted by Crippen LogP contribution is 2.33. The van der Waals surface area contributed by atoms with Crippen molar-refractivity contribution in [3.05, 3.63) is 50.9 Å². The van der Waals surface area contributed by atoms with Crippen molar-refractivity contribution in [1.82, 2.24) is 14.5 Å². The first kappa shape index (κ1) is 16.7. The van der Waals surface area contributed by atoms with E-state index in [9.17, 15) is 4.79 Å². The van der Waals surface area contributed by atoms with Crippen molar-refractivity contribution in [2.75, 3.05) is 18.5 Å². The van der Waals surface area contributed by atoms with Gasteiger partial charge in [0.1, 0.15) is 5.65 Å². The van der Waals surface area contributed by atoms with Crippen molar-refractivity contribution in [3.8, 4) is 11.1 Å². The van der Waals surface area contributed by atoms with E-state index in [1.807, 2.05) is 0 Å². The highest BCUT2D eigenvalue weighted by Gasteiger charge is 2.16. The van der Waals surface area contributed by atoms with Crippen LogP contribution in [0.3, 0.4) is 0 Å². The summed E-state index contributed by atoms with van der Waals surface area (Å²) >= 11 is 12.4. The lowest BCUT2D eigenvalue weighted by atomic mass is 10.1. The van der Waals surface area contributed by atoms with Crippen LogP contribution in [0.2, 0.25) is 10.0 Å². The molecule has 0 bridgehead atoms. The quantitative estimate of drug-likeness (QED) is 0.743. The largest absolute Gasteiger partial charge is 0.395 e. The summed E-state index contributed by atoms with van der Waals surface area (Å²) in [5.74, 6) is 0.343. The van der Waals surface area contributed by atoms with E-state index in [2.05, 4.69) is 15.3 Å². The molecule has 0 amide bonds. The molecule has 2 N–H and O–H groups in total. The van der Waals surface area contributed by atoms with Gasteiger partial charge in [0.25, 0.3) is 5.56 Å². The predicted molar refractivity (Wildman–Crippen MR) is 95.8 cm³/mol. The number of nitrogens with zero attached hydrogens (tertiary/aromatic N) is 3. The molecule has 0 aliphatic carbocycles. The van der Waals surface area contributed by atoms with Gasteiger partial charge < -0.3 is 10.4 Å². The maximum atomic E-state index is 12.7. The summed E-state index contributed by atoms with van der Waals surface area (Å²) in [5.41, 5.74) is 1.10. The fourth-order valence-corrected chi connectivity index (χ4v) is 3.03. The number of pyridine rings is 1. The first-order chi connectivity index (χ1) is 11.5. The van der Waals surface area contributed by atoms with E-state index < -0.39 is 0 Å². The van der Waals surface area contributed by atoms with E-state index in [0.717, 1.165) is 0 Å². The van der Waals surface area contributed by atoms with Gasteiger partial charge in [-0.25, -0.2) is 4.98 Å². The Morgan fingerprint density at radius 3 is 2.67 bits per heavy atom. The van der Waals surface area contributed by atoms with Crippen LogP contribution in [0.25, 0.3) is 22.2 Å². The number of hydrogen-bond donors (Lipinski definition) is 2. The average molecular weight is 365 g/mol. The van der Waals surface area contributed by atoms with Crippen LogP contribution < -0.4 is 10.9 Å². The number of aryl methyl sites for hydroxylation is 1. The van der Waals surface area contributed by atoms with Gasteiger partial charge in [0, 0.05) is 30.7 Å². The van der Waals surface area contributed by atoms with Crippen LogP contribution in [-0.2, 0) is 7.05 Å². The number of anilines is 1. The maximum absolute atomic E-state index is 12.7. The van der Waals surface area contributed by atoms with E-state index >= 15 is 0 Å². The van der Waals surface area contributed by atoms with Crippen LogP contribution >= 0.6 is 23.2 Å². The van der Waals surface area contributed by atoms with Crippen LogP contribution in [0.15, 0.2) is 35.3 Å². The number of aliphatic hydroxyl groups excluding tert-OH is 1. The lowest BCUT2D eigenvalue weighted by Crippen LogP contribution is -2.20. The van der Waals surface area contributed by atoms with Gasteiger partial charge in [0.2, 0.25) is 5.95 Å². The van der Waals surface area contributed by atoms with E-state index in [-0.39, 0.29) is 12.2 Å². The Hall–Kier alpha value is -2.15. The molecule has 124 valence electrons. The minimum absolute atomic E-state index is 0.0374.